The summed E-state index contributed by atoms with van der Waals surface area (Å²) in [6.07, 6.45) is 2.09. The molecule has 3 aromatic rings. The minimum Gasteiger partial charge on any atom is -0.494 e. The Kier molecular flexibility index (Phi) is 6.84. The standard InChI is InChI=1S/C22H25N3O4/c1-4-5-12-27-18-10-7-17(8-11-18)21-22(25-29-24-21)23-20(26)14-28-19-9-6-15(2)16(3)13-19/h6-11,13H,4-5,12,14H2,1-3H3,(H,23,25,26). The number of nitrogens with one attached hydrogen (secondary N) is 1. The van der Waals surface area contributed by atoms with Gasteiger partial charge >= 0.3 is 0 Å². The first-order valence-electron chi connectivity index (χ1n) is 9.62. The number of hydrogen-bond donors (Lipinski definition) is 1. The number of hydrogen-bond acceptors (Lipinski definition) is 6. The SMILES string of the molecule is CCCCOc1ccc(-c2nonc2NC(=O)COc2ccc(C)c(C)c2)cc1. The normalized spacial score (nSPS) is 10.6. The molecule has 1 N–H and O–H groups in total. The molecule has 0 atom stereocenters. The average Bonchev–Trinajstić information content (AvgIpc) is 3.17. The van der Waals surface area contributed by atoms with E-state index in [0.717, 1.165) is 29.7 Å². The van der Waals surface area contributed by atoms with Crippen molar-refractivity contribution in [1.82, 2.24) is 10.3 Å². The van der Waals surface area contributed by atoms with E-state index in [4.69, 9.17) is 14.1 Å². The van der Waals surface area contributed by atoms with Crippen molar-refractivity contribution in [3.63, 3.8) is 0 Å². The van der Waals surface area contributed by atoms with Crippen LogP contribution in [0.5, 0.6) is 11.5 Å². The van der Waals surface area contributed by atoms with Crippen LogP contribution >= 0.6 is 0 Å². The van der Waals surface area contributed by atoms with Gasteiger partial charge in [0.1, 0.15) is 11.5 Å². The van der Waals surface area contributed by atoms with Gasteiger partial charge in [-0.2, -0.15) is 0 Å². The van der Waals surface area contributed by atoms with Crippen molar-refractivity contribution in [2.45, 2.75) is 33.6 Å². The first-order valence-corrected chi connectivity index (χ1v) is 9.62. The van der Waals surface area contributed by atoms with Crippen LogP contribution in [0.15, 0.2) is 47.1 Å². The summed E-state index contributed by atoms with van der Waals surface area (Å²) >= 11 is 0. The summed E-state index contributed by atoms with van der Waals surface area (Å²) in [4.78, 5) is 12.3. The summed E-state index contributed by atoms with van der Waals surface area (Å²) in [5, 5.41) is 10.4. The van der Waals surface area contributed by atoms with Crippen molar-refractivity contribution in [3.05, 3.63) is 53.6 Å². The van der Waals surface area contributed by atoms with Crippen molar-refractivity contribution < 1.29 is 18.9 Å². The number of rotatable bonds is 9. The van der Waals surface area contributed by atoms with Crippen LogP contribution in [0.25, 0.3) is 11.3 Å². The maximum atomic E-state index is 12.3. The highest BCUT2D eigenvalue weighted by Gasteiger charge is 2.15. The Morgan fingerprint density at radius 3 is 2.48 bits per heavy atom. The van der Waals surface area contributed by atoms with Gasteiger partial charge in [-0.3, -0.25) is 4.79 Å². The molecule has 0 aliphatic heterocycles. The number of ether oxygens (including phenoxy) is 2. The molecule has 0 fully saturated rings. The molecule has 29 heavy (non-hydrogen) atoms. The molecule has 1 amide bonds. The Morgan fingerprint density at radius 2 is 1.76 bits per heavy atom. The number of anilines is 1. The van der Waals surface area contributed by atoms with Crippen LogP contribution in [0.2, 0.25) is 0 Å². The molecular weight excluding hydrogens is 370 g/mol. The molecule has 3 rings (SSSR count). The fourth-order valence-corrected chi connectivity index (χ4v) is 2.62. The molecule has 0 saturated heterocycles. The van der Waals surface area contributed by atoms with E-state index in [1.165, 1.54) is 5.56 Å². The van der Waals surface area contributed by atoms with Gasteiger partial charge in [-0.05, 0) is 78.1 Å². The minimum absolute atomic E-state index is 0.140. The topological polar surface area (TPSA) is 86.5 Å². The molecule has 0 aliphatic carbocycles. The fourth-order valence-electron chi connectivity index (χ4n) is 2.62. The van der Waals surface area contributed by atoms with E-state index >= 15 is 0 Å². The van der Waals surface area contributed by atoms with Crippen LogP contribution in [0.3, 0.4) is 0 Å². The van der Waals surface area contributed by atoms with Crippen molar-refractivity contribution in [2.75, 3.05) is 18.5 Å². The van der Waals surface area contributed by atoms with Crippen molar-refractivity contribution in [1.29, 1.82) is 0 Å². The number of carbonyl (C=O) groups is 1. The lowest BCUT2D eigenvalue weighted by Gasteiger charge is -2.08. The summed E-state index contributed by atoms with van der Waals surface area (Å²) in [6.45, 7) is 6.68. The number of unbranched alkanes of at least 4 members (excludes halogenated alkanes) is 1. The third-order valence-electron chi connectivity index (χ3n) is 4.49. The molecule has 0 unspecified atom stereocenters. The summed E-state index contributed by atoms with van der Waals surface area (Å²) in [6, 6.07) is 13.1. The summed E-state index contributed by atoms with van der Waals surface area (Å²) in [5.74, 6) is 1.32. The van der Waals surface area contributed by atoms with Crippen molar-refractivity contribution >= 4 is 11.7 Å². The Labute approximate surface area is 170 Å². The predicted molar refractivity (Wildman–Crippen MR) is 110 cm³/mol. The predicted octanol–water partition coefficient (Wildman–Crippen LogP) is 4.55. The number of nitrogens with zero attached hydrogens (tertiary/aromatic N) is 2. The van der Waals surface area contributed by atoms with Crippen molar-refractivity contribution in [3.8, 4) is 22.8 Å². The molecule has 7 heteroatoms. The van der Waals surface area contributed by atoms with Gasteiger partial charge in [0.05, 0.1) is 6.61 Å². The lowest BCUT2D eigenvalue weighted by molar-refractivity contribution is -0.118. The molecule has 7 nitrogen and oxygen atoms in total. The zero-order valence-corrected chi connectivity index (χ0v) is 16.9. The second-order valence-corrected chi connectivity index (χ2v) is 6.77. The Morgan fingerprint density at radius 1 is 1.00 bits per heavy atom. The van der Waals surface area contributed by atoms with E-state index in [0.29, 0.717) is 18.1 Å². The van der Waals surface area contributed by atoms with Gasteiger partial charge in [-0.15, -0.1) is 0 Å². The van der Waals surface area contributed by atoms with E-state index in [2.05, 4.69) is 22.6 Å². The van der Waals surface area contributed by atoms with Gasteiger partial charge < -0.3 is 14.8 Å². The maximum Gasteiger partial charge on any atom is 0.263 e. The summed E-state index contributed by atoms with van der Waals surface area (Å²) in [7, 11) is 0. The number of aromatic nitrogens is 2. The van der Waals surface area contributed by atoms with Crippen LogP contribution in [0.4, 0.5) is 5.82 Å². The van der Waals surface area contributed by atoms with Crippen LogP contribution in [0, 0.1) is 13.8 Å². The first-order chi connectivity index (χ1) is 14.1. The molecule has 1 heterocycles. The highest BCUT2D eigenvalue weighted by Crippen LogP contribution is 2.26. The number of amides is 1. The van der Waals surface area contributed by atoms with Gasteiger partial charge in [0.2, 0.25) is 5.82 Å². The molecule has 2 aromatic carbocycles. The highest BCUT2D eigenvalue weighted by atomic mass is 16.6. The number of benzene rings is 2. The average molecular weight is 395 g/mol. The van der Waals surface area contributed by atoms with Crippen LogP contribution in [-0.2, 0) is 4.79 Å². The molecule has 0 bridgehead atoms. The monoisotopic (exact) mass is 395 g/mol. The van der Waals surface area contributed by atoms with Crippen LogP contribution < -0.4 is 14.8 Å². The molecule has 152 valence electrons. The zero-order valence-electron chi connectivity index (χ0n) is 16.9. The summed E-state index contributed by atoms with van der Waals surface area (Å²) in [5.41, 5.74) is 3.49. The Bertz CT molecular complexity index is 951. The first kappa shape index (κ1) is 20.4. The lowest BCUT2D eigenvalue weighted by atomic mass is 10.1. The third kappa shape index (κ3) is 5.57. The summed E-state index contributed by atoms with van der Waals surface area (Å²) < 4.78 is 16.0. The van der Waals surface area contributed by atoms with Crippen molar-refractivity contribution in [2.24, 2.45) is 0 Å². The van der Waals surface area contributed by atoms with Crippen LogP contribution in [-0.4, -0.2) is 29.4 Å². The quantitative estimate of drug-likeness (QED) is 0.535. The minimum atomic E-state index is -0.348. The molecular formula is C22H25N3O4. The third-order valence-corrected chi connectivity index (χ3v) is 4.49. The van der Waals surface area contributed by atoms with Gasteiger partial charge in [0.15, 0.2) is 12.3 Å². The second kappa shape index (κ2) is 9.73. The highest BCUT2D eigenvalue weighted by molar-refractivity contribution is 5.94. The van der Waals surface area contributed by atoms with E-state index in [-0.39, 0.29) is 18.3 Å². The number of aryl methyl sites for hydroxylation is 2. The molecule has 1 aromatic heterocycles. The largest absolute Gasteiger partial charge is 0.494 e. The van der Waals surface area contributed by atoms with Gasteiger partial charge in [-0.1, -0.05) is 19.4 Å². The maximum absolute atomic E-state index is 12.3. The zero-order chi connectivity index (χ0) is 20.6. The Hall–Kier alpha value is -3.35. The lowest BCUT2D eigenvalue weighted by Crippen LogP contribution is -2.20. The van der Waals surface area contributed by atoms with E-state index in [9.17, 15) is 4.79 Å². The van der Waals surface area contributed by atoms with Gasteiger partial charge in [0.25, 0.3) is 5.91 Å². The van der Waals surface area contributed by atoms with Gasteiger partial charge in [0, 0.05) is 5.56 Å². The fraction of sp³-hybridized carbons (Fsp3) is 0.318. The smallest absolute Gasteiger partial charge is 0.263 e. The van der Waals surface area contributed by atoms with E-state index in [1.807, 2.05) is 56.3 Å². The van der Waals surface area contributed by atoms with E-state index < -0.39 is 0 Å². The molecule has 0 spiro atoms. The van der Waals surface area contributed by atoms with Crippen LogP contribution in [0.1, 0.15) is 30.9 Å². The van der Waals surface area contributed by atoms with Gasteiger partial charge in [-0.25, -0.2) is 4.63 Å². The molecule has 0 radical (unpaired) electrons. The molecule has 0 aliphatic rings. The Balaban J connectivity index is 1.59. The number of carbonyl (C=O) groups excluding carboxylic acids is 1. The second-order valence-electron chi connectivity index (χ2n) is 6.77. The molecule has 0 saturated carbocycles. The van der Waals surface area contributed by atoms with E-state index in [1.54, 1.807) is 0 Å².